The Morgan fingerprint density at radius 1 is 0.358 bits per heavy atom. The largest absolute Gasteiger partial charge is 0.304 e. The maximum Gasteiger partial charge on any atom is 0.235 e. The topological polar surface area (TPSA) is 34.0 Å². The van der Waals surface area contributed by atoms with Gasteiger partial charge in [-0.15, -0.1) is 0 Å². The van der Waals surface area contributed by atoms with Gasteiger partial charge in [0.25, 0.3) is 0 Å². The van der Waals surface area contributed by atoms with E-state index in [1.165, 1.54) is 68.3 Å². The smallest absolute Gasteiger partial charge is 0.235 e. The maximum absolute atomic E-state index is 5.22. The zero-order valence-electron chi connectivity index (χ0n) is 28.0. The molecule has 0 saturated carbocycles. The van der Waals surface area contributed by atoms with Gasteiger partial charge < -0.3 is 4.90 Å². The summed E-state index contributed by atoms with van der Waals surface area (Å²) in [6.45, 7) is 0. The summed E-state index contributed by atoms with van der Waals surface area (Å²) in [5.41, 5.74) is 12.4. The molecule has 0 unspecified atom stereocenters. The van der Waals surface area contributed by atoms with Crippen LogP contribution in [0.3, 0.4) is 0 Å². The summed E-state index contributed by atoms with van der Waals surface area (Å²) in [4.78, 5) is 20.8. The van der Waals surface area contributed by atoms with E-state index in [2.05, 4.69) is 155 Å². The molecule has 0 atom stereocenters. The van der Waals surface area contributed by atoms with Gasteiger partial charge in [-0.2, -0.15) is 0 Å². The number of hydrogen-bond acceptors (Lipinski definition) is 6. The first-order valence-corrected chi connectivity index (χ1v) is 20.0. The fraction of sp³-hybridized carbons (Fsp3) is 0. The summed E-state index contributed by atoms with van der Waals surface area (Å²) in [7, 11) is 0. The van der Waals surface area contributed by atoms with Gasteiger partial charge in [-0.3, -0.25) is 4.57 Å². The van der Waals surface area contributed by atoms with Crippen molar-refractivity contribution < 1.29 is 0 Å². The normalized spacial score (nSPS) is 13.4. The Labute approximate surface area is 318 Å². The molecule has 9 aromatic rings. The van der Waals surface area contributed by atoms with Crippen molar-refractivity contribution in [1.29, 1.82) is 0 Å². The predicted octanol–water partition coefficient (Wildman–Crippen LogP) is 13.4. The van der Waals surface area contributed by atoms with Crippen LogP contribution in [-0.2, 0) is 0 Å². The average molecular weight is 731 g/mol. The van der Waals surface area contributed by atoms with E-state index in [1.807, 2.05) is 47.4 Å². The summed E-state index contributed by atoms with van der Waals surface area (Å²) in [5.74, 6) is 0.658. The number of anilines is 3. The molecule has 3 aliphatic rings. The Morgan fingerprint density at radius 3 is 1.47 bits per heavy atom. The lowest BCUT2D eigenvalue weighted by molar-refractivity contribution is 0.995. The number of rotatable bonds is 4. The molecule has 7 heteroatoms. The molecule has 0 radical (unpaired) electrons. The monoisotopic (exact) mass is 730 g/mol. The third-order valence-corrected chi connectivity index (χ3v) is 13.6. The lowest BCUT2D eigenvalue weighted by atomic mass is 10.0. The average Bonchev–Trinajstić information content (AvgIpc) is 3.55. The van der Waals surface area contributed by atoms with Crippen molar-refractivity contribution in [2.75, 3.05) is 4.90 Å². The molecule has 12 rings (SSSR count). The minimum atomic E-state index is 0.658. The SMILES string of the molecule is c1ccc(-c2cc(-c3ccccc3)nc(-n3c4ccccc4c4cc(-c5cc6c7c(c5)Sc5cccc8c5N7c5c(cccc5S6)S8)ccc43)n2)cc1. The van der Waals surface area contributed by atoms with E-state index in [9.17, 15) is 0 Å². The quantitative estimate of drug-likeness (QED) is 0.179. The number of hydrogen-bond donors (Lipinski definition) is 0. The zero-order valence-corrected chi connectivity index (χ0v) is 30.5. The lowest BCUT2D eigenvalue weighted by Gasteiger charge is -2.42. The molecule has 2 aromatic heterocycles. The zero-order chi connectivity index (χ0) is 34.6. The van der Waals surface area contributed by atoms with E-state index >= 15 is 0 Å². The van der Waals surface area contributed by atoms with Crippen molar-refractivity contribution in [2.45, 2.75) is 29.4 Å². The molecular formula is C46H26N4S3. The standard InChI is InChI=1S/C46H26N4S3/c1-3-11-27(12-4-1)33-26-34(28-13-5-2-6-14-28)48-46(47-33)49-35-16-8-7-15-31(35)32-23-29(21-22-36(32)49)30-24-41-45-42(25-30)53-40-20-10-18-38-44(40)50(45)43-37(51-38)17-9-19-39(43)52-41/h1-26H. The van der Waals surface area contributed by atoms with Gasteiger partial charge in [-0.05, 0) is 71.8 Å². The third-order valence-electron chi connectivity index (χ3n) is 10.4. The molecule has 0 aliphatic carbocycles. The van der Waals surface area contributed by atoms with Crippen molar-refractivity contribution in [1.82, 2.24) is 14.5 Å². The molecule has 248 valence electrons. The first-order valence-electron chi connectivity index (χ1n) is 17.6. The van der Waals surface area contributed by atoms with Gasteiger partial charge in [0, 0.05) is 51.3 Å². The lowest BCUT2D eigenvalue weighted by Crippen LogP contribution is -2.22. The van der Waals surface area contributed by atoms with Crippen molar-refractivity contribution in [3.05, 3.63) is 158 Å². The van der Waals surface area contributed by atoms with Crippen LogP contribution in [0.1, 0.15) is 0 Å². The van der Waals surface area contributed by atoms with Crippen molar-refractivity contribution in [3.8, 4) is 39.6 Å². The van der Waals surface area contributed by atoms with Gasteiger partial charge in [-0.25, -0.2) is 9.97 Å². The van der Waals surface area contributed by atoms with E-state index in [0.29, 0.717) is 5.95 Å². The number of benzene rings is 7. The third kappa shape index (κ3) is 4.48. The molecular weight excluding hydrogens is 705 g/mol. The summed E-state index contributed by atoms with van der Waals surface area (Å²) in [6.07, 6.45) is 0. The van der Waals surface area contributed by atoms with E-state index in [1.54, 1.807) is 0 Å². The van der Waals surface area contributed by atoms with E-state index in [4.69, 9.17) is 9.97 Å². The van der Waals surface area contributed by atoms with Crippen LogP contribution in [0.4, 0.5) is 17.1 Å². The minimum Gasteiger partial charge on any atom is -0.304 e. The Hall–Kier alpha value is -5.73. The summed E-state index contributed by atoms with van der Waals surface area (Å²) < 4.78 is 2.23. The van der Waals surface area contributed by atoms with Gasteiger partial charge in [0.15, 0.2) is 0 Å². The second-order valence-electron chi connectivity index (χ2n) is 13.4. The van der Waals surface area contributed by atoms with Crippen LogP contribution < -0.4 is 4.90 Å². The highest BCUT2D eigenvalue weighted by Gasteiger charge is 2.39. The molecule has 0 fully saturated rings. The highest BCUT2D eigenvalue weighted by atomic mass is 32.2. The van der Waals surface area contributed by atoms with Gasteiger partial charge >= 0.3 is 0 Å². The van der Waals surface area contributed by atoms with Crippen LogP contribution in [0.2, 0.25) is 0 Å². The van der Waals surface area contributed by atoms with Crippen LogP contribution in [0.25, 0.3) is 61.4 Å². The molecule has 0 bridgehead atoms. The van der Waals surface area contributed by atoms with Crippen LogP contribution in [0.15, 0.2) is 187 Å². The number of para-hydroxylation sites is 3. The molecule has 5 heterocycles. The minimum absolute atomic E-state index is 0.658. The summed E-state index contributed by atoms with van der Waals surface area (Å²) >= 11 is 5.68. The molecule has 53 heavy (non-hydrogen) atoms. The number of fused-ring (bicyclic) bond motifs is 3. The Morgan fingerprint density at radius 2 is 0.868 bits per heavy atom. The number of aromatic nitrogens is 3. The van der Waals surface area contributed by atoms with Gasteiger partial charge in [0.05, 0.1) is 39.5 Å². The first kappa shape index (κ1) is 29.8. The van der Waals surface area contributed by atoms with Gasteiger partial charge in [0.2, 0.25) is 5.95 Å². The van der Waals surface area contributed by atoms with Crippen molar-refractivity contribution >= 4 is 74.2 Å². The van der Waals surface area contributed by atoms with Gasteiger partial charge in [-0.1, -0.05) is 132 Å². The molecule has 0 N–H and O–H groups in total. The highest BCUT2D eigenvalue weighted by Crippen LogP contribution is 2.66. The Kier molecular flexibility index (Phi) is 6.40. The molecule has 4 nitrogen and oxygen atoms in total. The molecule has 0 spiro atoms. The summed E-state index contributed by atoms with van der Waals surface area (Å²) in [6, 6.07) is 56.6. The fourth-order valence-corrected chi connectivity index (χ4v) is 11.7. The Balaban J connectivity index is 1.05. The van der Waals surface area contributed by atoms with Crippen LogP contribution >= 0.6 is 35.3 Å². The van der Waals surface area contributed by atoms with Crippen molar-refractivity contribution in [2.24, 2.45) is 0 Å². The first-order chi connectivity index (χ1) is 26.2. The summed E-state index contributed by atoms with van der Waals surface area (Å²) in [5, 5.41) is 2.36. The second-order valence-corrected chi connectivity index (χ2v) is 16.7. The van der Waals surface area contributed by atoms with Crippen LogP contribution in [0, 0.1) is 0 Å². The Bertz CT molecular complexity index is 2860. The number of nitrogens with zero attached hydrogens (tertiary/aromatic N) is 4. The molecule has 7 aromatic carbocycles. The molecule has 0 amide bonds. The highest BCUT2D eigenvalue weighted by molar-refractivity contribution is 8.01. The molecule has 0 saturated heterocycles. The maximum atomic E-state index is 5.22. The predicted molar refractivity (Wildman–Crippen MR) is 220 cm³/mol. The van der Waals surface area contributed by atoms with Crippen molar-refractivity contribution in [3.63, 3.8) is 0 Å². The van der Waals surface area contributed by atoms with Gasteiger partial charge in [0.1, 0.15) is 0 Å². The van der Waals surface area contributed by atoms with E-state index in [0.717, 1.165) is 33.5 Å². The second kappa shape index (κ2) is 11.4. The van der Waals surface area contributed by atoms with E-state index < -0.39 is 0 Å². The van der Waals surface area contributed by atoms with Crippen LogP contribution in [0.5, 0.6) is 0 Å². The van der Waals surface area contributed by atoms with E-state index in [-0.39, 0.29) is 0 Å². The van der Waals surface area contributed by atoms with Crippen LogP contribution in [-0.4, -0.2) is 14.5 Å². The molecule has 3 aliphatic heterocycles. The fourth-order valence-electron chi connectivity index (χ4n) is 8.01.